The zero-order chi connectivity index (χ0) is 14.3. The fourth-order valence-corrected chi connectivity index (χ4v) is 1.83. The molecule has 0 aliphatic rings. The number of ether oxygens (including phenoxy) is 1. The molecule has 1 unspecified atom stereocenters. The second kappa shape index (κ2) is 7.38. The van der Waals surface area contributed by atoms with Crippen LogP contribution in [-0.4, -0.2) is 19.5 Å². The van der Waals surface area contributed by atoms with Gasteiger partial charge in [-0.15, -0.1) is 13.2 Å². The quantitative estimate of drug-likeness (QED) is 0.765. The van der Waals surface area contributed by atoms with Gasteiger partial charge in [-0.2, -0.15) is 0 Å². The van der Waals surface area contributed by atoms with Crippen molar-refractivity contribution in [3.05, 3.63) is 29.8 Å². The average molecular weight is 275 g/mol. The molecule has 0 saturated heterocycles. The molecule has 0 amide bonds. The Morgan fingerprint density at radius 1 is 1.21 bits per heavy atom. The molecule has 0 radical (unpaired) electrons. The van der Waals surface area contributed by atoms with Crippen LogP contribution < -0.4 is 10.1 Å². The summed E-state index contributed by atoms with van der Waals surface area (Å²) in [4.78, 5) is 0. The predicted octanol–water partition coefficient (Wildman–Crippen LogP) is 3.76. The van der Waals surface area contributed by atoms with Gasteiger partial charge in [0.05, 0.1) is 0 Å². The largest absolute Gasteiger partial charge is 0.573 e. The number of halogens is 3. The van der Waals surface area contributed by atoms with Gasteiger partial charge in [0.25, 0.3) is 0 Å². The maximum absolute atomic E-state index is 12.0. The fraction of sp³-hybridized carbons (Fsp3) is 0.571. The highest BCUT2D eigenvalue weighted by molar-refractivity contribution is 5.27. The molecular weight excluding hydrogens is 255 g/mol. The third-order valence-corrected chi connectivity index (χ3v) is 2.66. The zero-order valence-electron chi connectivity index (χ0n) is 11.3. The van der Waals surface area contributed by atoms with Crippen molar-refractivity contribution in [2.75, 3.05) is 13.1 Å². The van der Waals surface area contributed by atoms with E-state index in [1.807, 2.05) is 0 Å². The molecule has 1 N–H and O–H groups in total. The second-order valence-corrected chi connectivity index (χ2v) is 4.71. The topological polar surface area (TPSA) is 21.3 Å². The summed E-state index contributed by atoms with van der Waals surface area (Å²) in [5, 5.41) is 3.32. The Morgan fingerprint density at radius 2 is 1.84 bits per heavy atom. The van der Waals surface area contributed by atoms with Crippen LogP contribution in [0, 0.1) is 5.92 Å². The van der Waals surface area contributed by atoms with E-state index in [-0.39, 0.29) is 5.75 Å². The van der Waals surface area contributed by atoms with Crippen molar-refractivity contribution in [3.63, 3.8) is 0 Å². The number of hydrogen-bond donors (Lipinski definition) is 1. The Balaban J connectivity index is 2.43. The number of rotatable bonds is 7. The molecule has 0 aromatic heterocycles. The number of hydrogen-bond acceptors (Lipinski definition) is 2. The normalized spacial score (nSPS) is 13.3. The molecule has 1 aromatic rings. The van der Waals surface area contributed by atoms with E-state index in [0.717, 1.165) is 31.5 Å². The van der Waals surface area contributed by atoms with Crippen molar-refractivity contribution >= 4 is 0 Å². The highest BCUT2D eigenvalue weighted by atomic mass is 19.4. The SMILES string of the molecule is CCCNCC(C)Cc1ccc(OC(F)(F)F)cc1. The minimum Gasteiger partial charge on any atom is -0.406 e. The standard InChI is InChI=1S/C14H20F3NO/c1-3-8-18-10-11(2)9-12-4-6-13(7-5-12)19-14(15,16)17/h4-7,11,18H,3,8-10H2,1-2H3. The van der Waals surface area contributed by atoms with Crippen molar-refractivity contribution in [1.29, 1.82) is 0 Å². The van der Waals surface area contributed by atoms with E-state index in [0.29, 0.717) is 5.92 Å². The Labute approximate surface area is 112 Å². The van der Waals surface area contributed by atoms with Crippen LogP contribution in [0.3, 0.4) is 0 Å². The van der Waals surface area contributed by atoms with Crippen LogP contribution in [0.25, 0.3) is 0 Å². The van der Waals surface area contributed by atoms with Gasteiger partial charge in [0.2, 0.25) is 0 Å². The Hall–Kier alpha value is -1.23. The molecule has 1 aromatic carbocycles. The molecule has 2 nitrogen and oxygen atoms in total. The summed E-state index contributed by atoms with van der Waals surface area (Å²) in [6, 6.07) is 6.07. The molecule has 0 aliphatic carbocycles. The van der Waals surface area contributed by atoms with Crippen LogP contribution in [0.2, 0.25) is 0 Å². The van der Waals surface area contributed by atoms with Crippen LogP contribution in [0.4, 0.5) is 13.2 Å². The summed E-state index contributed by atoms with van der Waals surface area (Å²) in [6.45, 7) is 6.12. The van der Waals surface area contributed by atoms with E-state index >= 15 is 0 Å². The van der Waals surface area contributed by atoms with Crippen molar-refractivity contribution in [1.82, 2.24) is 5.32 Å². The van der Waals surface area contributed by atoms with E-state index in [2.05, 4.69) is 23.9 Å². The fourth-order valence-electron chi connectivity index (χ4n) is 1.83. The van der Waals surface area contributed by atoms with E-state index < -0.39 is 6.36 Å². The van der Waals surface area contributed by atoms with Crippen LogP contribution in [0.5, 0.6) is 5.75 Å². The van der Waals surface area contributed by atoms with Gasteiger partial charge in [0.1, 0.15) is 5.75 Å². The average Bonchev–Trinajstić information content (AvgIpc) is 2.30. The van der Waals surface area contributed by atoms with Crippen molar-refractivity contribution in [3.8, 4) is 5.75 Å². The number of nitrogens with one attached hydrogen (secondary N) is 1. The summed E-state index contributed by atoms with van der Waals surface area (Å²) in [5.74, 6) is 0.272. The maximum atomic E-state index is 12.0. The summed E-state index contributed by atoms with van der Waals surface area (Å²) in [6.07, 6.45) is -2.70. The molecule has 0 aliphatic heterocycles. The van der Waals surface area contributed by atoms with Gasteiger partial charge in [0.15, 0.2) is 0 Å². The molecule has 0 heterocycles. The minimum absolute atomic E-state index is 0.173. The monoisotopic (exact) mass is 275 g/mol. The highest BCUT2D eigenvalue weighted by Gasteiger charge is 2.30. The molecule has 0 saturated carbocycles. The lowest BCUT2D eigenvalue weighted by molar-refractivity contribution is -0.274. The molecular formula is C14H20F3NO. The van der Waals surface area contributed by atoms with Crippen LogP contribution in [-0.2, 0) is 6.42 Å². The number of benzene rings is 1. The first-order valence-electron chi connectivity index (χ1n) is 6.46. The summed E-state index contributed by atoms with van der Waals surface area (Å²) >= 11 is 0. The molecule has 1 rings (SSSR count). The third-order valence-electron chi connectivity index (χ3n) is 2.66. The minimum atomic E-state index is -4.63. The molecule has 0 bridgehead atoms. The zero-order valence-corrected chi connectivity index (χ0v) is 11.3. The second-order valence-electron chi connectivity index (χ2n) is 4.71. The first-order chi connectivity index (χ1) is 8.90. The third kappa shape index (κ3) is 7.06. The Morgan fingerprint density at radius 3 is 2.37 bits per heavy atom. The summed E-state index contributed by atoms with van der Waals surface area (Å²) in [7, 11) is 0. The first kappa shape index (κ1) is 15.8. The lowest BCUT2D eigenvalue weighted by Gasteiger charge is -2.13. The lowest BCUT2D eigenvalue weighted by Crippen LogP contribution is -2.23. The van der Waals surface area contributed by atoms with E-state index in [1.165, 1.54) is 12.1 Å². The van der Waals surface area contributed by atoms with Gasteiger partial charge in [-0.05, 0) is 49.5 Å². The Kier molecular flexibility index (Phi) is 6.15. The highest BCUT2D eigenvalue weighted by Crippen LogP contribution is 2.23. The van der Waals surface area contributed by atoms with Gasteiger partial charge in [0, 0.05) is 0 Å². The van der Waals surface area contributed by atoms with Gasteiger partial charge in [-0.1, -0.05) is 26.0 Å². The van der Waals surface area contributed by atoms with Crippen LogP contribution in [0.15, 0.2) is 24.3 Å². The predicted molar refractivity (Wildman–Crippen MR) is 69.2 cm³/mol. The van der Waals surface area contributed by atoms with Gasteiger partial charge < -0.3 is 10.1 Å². The maximum Gasteiger partial charge on any atom is 0.573 e. The van der Waals surface area contributed by atoms with Crippen LogP contribution >= 0.6 is 0 Å². The summed E-state index contributed by atoms with van der Waals surface area (Å²) in [5.41, 5.74) is 1.01. The molecule has 108 valence electrons. The number of alkyl halides is 3. The van der Waals surface area contributed by atoms with Crippen molar-refractivity contribution in [2.24, 2.45) is 5.92 Å². The molecule has 0 fully saturated rings. The van der Waals surface area contributed by atoms with Gasteiger partial charge in [-0.25, -0.2) is 0 Å². The van der Waals surface area contributed by atoms with E-state index in [9.17, 15) is 13.2 Å². The lowest BCUT2D eigenvalue weighted by atomic mass is 10.0. The van der Waals surface area contributed by atoms with Gasteiger partial charge >= 0.3 is 6.36 Å². The molecule has 0 spiro atoms. The molecule has 5 heteroatoms. The van der Waals surface area contributed by atoms with Crippen LogP contribution in [0.1, 0.15) is 25.8 Å². The van der Waals surface area contributed by atoms with Gasteiger partial charge in [-0.3, -0.25) is 0 Å². The van der Waals surface area contributed by atoms with Crippen molar-refractivity contribution in [2.45, 2.75) is 33.1 Å². The summed E-state index contributed by atoms with van der Waals surface area (Å²) < 4.78 is 39.8. The van der Waals surface area contributed by atoms with E-state index in [1.54, 1.807) is 12.1 Å². The molecule has 19 heavy (non-hydrogen) atoms. The van der Waals surface area contributed by atoms with E-state index in [4.69, 9.17) is 0 Å². The van der Waals surface area contributed by atoms with Crippen molar-refractivity contribution < 1.29 is 17.9 Å². The first-order valence-corrected chi connectivity index (χ1v) is 6.46. The molecule has 1 atom stereocenters. The smallest absolute Gasteiger partial charge is 0.406 e. The Bertz CT molecular complexity index is 362.